The van der Waals surface area contributed by atoms with Gasteiger partial charge in [0.2, 0.25) is 0 Å². The number of hydrogen-bond acceptors (Lipinski definition) is 3. The Hall–Kier alpha value is -2.55. The Morgan fingerprint density at radius 1 is 1.15 bits per heavy atom. The van der Waals surface area contributed by atoms with Gasteiger partial charge in [-0.2, -0.15) is 0 Å². The van der Waals surface area contributed by atoms with Crippen LogP contribution in [0.5, 0.6) is 0 Å². The van der Waals surface area contributed by atoms with Gasteiger partial charge in [0.1, 0.15) is 6.33 Å². The Balaban J connectivity index is 2.39. The topological polar surface area (TPSA) is 38.7 Å². The van der Waals surface area contributed by atoms with Crippen molar-refractivity contribution in [3.63, 3.8) is 0 Å². The van der Waals surface area contributed by atoms with Crippen molar-refractivity contribution >= 4 is 5.57 Å². The summed E-state index contributed by atoms with van der Waals surface area (Å²) in [6.45, 7) is 7.68. The predicted molar refractivity (Wildman–Crippen MR) is 83.0 cm³/mol. The average Bonchev–Trinajstić information content (AvgIpc) is 2.49. The second kappa shape index (κ2) is 6.57. The van der Waals surface area contributed by atoms with Gasteiger partial charge >= 0.3 is 0 Å². The van der Waals surface area contributed by atoms with Crippen molar-refractivity contribution in [2.45, 2.75) is 13.8 Å². The van der Waals surface area contributed by atoms with E-state index in [4.69, 9.17) is 0 Å². The number of aromatic nitrogens is 3. The van der Waals surface area contributed by atoms with Gasteiger partial charge in [0.15, 0.2) is 11.6 Å². The van der Waals surface area contributed by atoms with E-state index in [1.807, 2.05) is 49.4 Å². The van der Waals surface area contributed by atoms with Crippen LogP contribution in [-0.4, -0.2) is 15.0 Å². The van der Waals surface area contributed by atoms with Crippen molar-refractivity contribution in [1.29, 1.82) is 0 Å². The van der Waals surface area contributed by atoms with Crippen LogP contribution in [0.3, 0.4) is 0 Å². The molecule has 0 atom stereocenters. The molecule has 0 radical (unpaired) electrons. The van der Waals surface area contributed by atoms with Crippen LogP contribution in [0.4, 0.5) is 0 Å². The molecule has 1 heterocycles. The maximum absolute atomic E-state index is 4.52. The second-order valence-corrected chi connectivity index (χ2v) is 4.34. The van der Waals surface area contributed by atoms with Crippen molar-refractivity contribution in [3.8, 4) is 11.4 Å². The third-order valence-corrected chi connectivity index (χ3v) is 2.86. The van der Waals surface area contributed by atoms with Gasteiger partial charge in [-0.25, -0.2) is 15.0 Å². The molecule has 0 aliphatic heterocycles. The van der Waals surface area contributed by atoms with Gasteiger partial charge in [0.25, 0.3) is 0 Å². The first-order valence-electron chi connectivity index (χ1n) is 6.46. The van der Waals surface area contributed by atoms with E-state index in [0.29, 0.717) is 11.6 Å². The van der Waals surface area contributed by atoms with Gasteiger partial charge in [-0.1, -0.05) is 60.7 Å². The fraction of sp³-hybridized carbons (Fsp3) is 0.118. The molecule has 100 valence electrons. The molecule has 0 aliphatic rings. The fourth-order valence-corrected chi connectivity index (χ4v) is 1.75. The lowest BCUT2D eigenvalue weighted by atomic mass is 10.1. The Morgan fingerprint density at radius 2 is 1.90 bits per heavy atom. The minimum absolute atomic E-state index is 0.663. The zero-order chi connectivity index (χ0) is 14.4. The molecule has 0 saturated heterocycles. The van der Waals surface area contributed by atoms with Crippen molar-refractivity contribution in [2.24, 2.45) is 0 Å². The number of rotatable bonds is 4. The molecule has 0 N–H and O–H groups in total. The Bertz CT molecular complexity index is 652. The molecular weight excluding hydrogens is 246 g/mol. The van der Waals surface area contributed by atoms with Crippen LogP contribution in [0.2, 0.25) is 0 Å². The average molecular weight is 263 g/mol. The molecule has 3 nitrogen and oxygen atoms in total. The molecule has 0 saturated carbocycles. The molecule has 0 bridgehead atoms. The summed E-state index contributed by atoms with van der Waals surface area (Å²) in [4.78, 5) is 13.0. The highest BCUT2D eigenvalue weighted by Crippen LogP contribution is 2.17. The highest BCUT2D eigenvalue weighted by atomic mass is 15.0. The van der Waals surface area contributed by atoms with Crippen LogP contribution < -0.4 is 0 Å². The van der Waals surface area contributed by atoms with Gasteiger partial charge in [0, 0.05) is 11.1 Å². The zero-order valence-electron chi connectivity index (χ0n) is 11.7. The van der Waals surface area contributed by atoms with Crippen molar-refractivity contribution < 1.29 is 0 Å². The summed E-state index contributed by atoms with van der Waals surface area (Å²) in [7, 11) is 0. The van der Waals surface area contributed by atoms with Crippen LogP contribution in [-0.2, 0) is 0 Å². The zero-order valence-corrected chi connectivity index (χ0v) is 11.7. The van der Waals surface area contributed by atoms with Crippen LogP contribution in [0.25, 0.3) is 17.0 Å². The van der Waals surface area contributed by atoms with Crippen LogP contribution in [0.15, 0.2) is 61.5 Å². The van der Waals surface area contributed by atoms with E-state index in [1.165, 1.54) is 5.56 Å². The minimum Gasteiger partial charge on any atom is -0.217 e. The lowest BCUT2D eigenvalue weighted by Crippen LogP contribution is -1.97. The Morgan fingerprint density at radius 3 is 2.55 bits per heavy atom. The van der Waals surface area contributed by atoms with E-state index in [0.717, 1.165) is 11.1 Å². The van der Waals surface area contributed by atoms with Crippen molar-refractivity contribution in [3.05, 3.63) is 72.9 Å². The SMILES string of the molecule is C=C/C=C\C(=C/C)c1ncnc(-c2ccc(C)cc2)n1. The summed E-state index contributed by atoms with van der Waals surface area (Å²) in [6, 6.07) is 8.13. The van der Waals surface area contributed by atoms with E-state index in [2.05, 4.69) is 28.5 Å². The summed E-state index contributed by atoms with van der Waals surface area (Å²) in [5, 5.41) is 0. The van der Waals surface area contributed by atoms with Gasteiger partial charge in [0.05, 0.1) is 0 Å². The maximum Gasteiger partial charge on any atom is 0.163 e. The summed E-state index contributed by atoms with van der Waals surface area (Å²) < 4.78 is 0. The Kier molecular flexibility index (Phi) is 4.56. The van der Waals surface area contributed by atoms with Crippen LogP contribution in [0, 0.1) is 6.92 Å². The van der Waals surface area contributed by atoms with Gasteiger partial charge in [-0.15, -0.1) is 0 Å². The van der Waals surface area contributed by atoms with E-state index in [1.54, 1.807) is 12.4 Å². The standard InChI is InChI=1S/C17H17N3/c1-4-6-7-14(5-2)16-18-12-19-17(20-16)15-10-8-13(3)9-11-15/h4-12H,1H2,2-3H3/b7-6-,14-5+. The van der Waals surface area contributed by atoms with Gasteiger partial charge in [-0.05, 0) is 13.8 Å². The second-order valence-electron chi connectivity index (χ2n) is 4.34. The maximum atomic E-state index is 4.52. The molecule has 3 heteroatoms. The smallest absolute Gasteiger partial charge is 0.163 e. The molecule has 1 aromatic carbocycles. The molecule has 1 aromatic heterocycles. The van der Waals surface area contributed by atoms with Crippen molar-refractivity contribution in [1.82, 2.24) is 15.0 Å². The first-order chi connectivity index (χ1) is 9.74. The summed E-state index contributed by atoms with van der Waals surface area (Å²) in [5.74, 6) is 1.34. The first-order valence-corrected chi connectivity index (χ1v) is 6.46. The fourth-order valence-electron chi connectivity index (χ4n) is 1.75. The van der Waals surface area contributed by atoms with E-state index in [-0.39, 0.29) is 0 Å². The summed E-state index contributed by atoms with van der Waals surface area (Å²) >= 11 is 0. The highest BCUT2D eigenvalue weighted by molar-refractivity contribution is 5.70. The molecule has 20 heavy (non-hydrogen) atoms. The molecule has 0 aliphatic carbocycles. The first kappa shape index (κ1) is 13.9. The normalized spacial score (nSPS) is 11.8. The monoisotopic (exact) mass is 263 g/mol. The highest BCUT2D eigenvalue weighted by Gasteiger charge is 2.05. The van der Waals surface area contributed by atoms with Crippen LogP contribution in [0.1, 0.15) is 18.3 Å². The quantitative estimate of drug-likeness (QED) is 0.783. The lowest BCUT2D eigenvalue weighted by Gasteiger charge is -2.04. The number of aryl methyl sites for hydroxylation is 1. The third kappa shape index (κ3) is 3.26. The molecule has 0 spiro atoms. The van der Waals surface area contributed by atoms with Crippen molar-refractivity contribution in [2.75, 3.05) is 0 Å². The molecule has 0 fully saturated rings. The largest absolute Gasteiger partial charge is 0.217 e. The molecule has 2 rings (SSSR count). The number of nitrogens with zero attached hydrogens (tertiary/aromatic N) is 3. The summed E-state index contributed by atoms with van der Waals surface area (Å²) in [6.07, 6.45) is 9.04. The number of benzene rings is 1. The molecule has 0 unspecified atom stereocenters. The lowest BCUT2D eigenvalue weighted by molar-refractivity contribution is 1.03. The molecule has 0 amide bonds. The Labute approximate surface area is 119 Å². The van der Waals surface area contributed by atoms with Gasteiger partial charge in [-0.3, -0.25) is 0 Å². The molecule has 2 aromatic rings. The van der Waals surface area contributed by atoms with E-state index >= 15 is 0 Å². The minimum atomic E-state index is 0.663. The third-order valence-electron chi connectivity index (χ3n) is 2.86. The van der Waals surface area contributed by atoms with Gasteiger partial charge < -0.3 is 0 Å². The summed E-state index contributed by atoms with van der Waals surface area (Å²) in [5.41, 5.74) is 3.15. The van der Waals surface area contributed by atoms with E-state index < -0.39 is 0 Å². The van der Waals surface area contributed by atoms with Crippen LogP contribution >= 0.6 is 0 Å². The predicted octanol–water partition coefficient (Wildman–Crippen LogP) is 3.99. The number of hydrogen-bond donors (Lipinski definition) is 0. The van der Waals surface area contributed by atoms with E-state index in [9.17, 15) is 0 Å². The molecular formula is C17H17N3. The number of allylic oxidation sites excluding steroid dienone is 5.